The molecule has 0 aliphatic heterocycles. The SMILES string of the molecule is CCCOc1c(C#N)cccc1C#N. The molecule has 0 saturated heterocycles. The van der Waals surface area contributed by atoms with Crippen LogP contribution in [0.3, 0.4) is 0 Å². The zero-order chi connectivity index (χ0) is 10.4. The second kappa shape index (κ2) is 4.89. The van der Waals surface area contributed by atoms with Crippen molar-refractivity contribution in [1.82, 2.24) is 0 Å². The smallest absolute Gasteiger partial charge is 0.154 e. The number of nitriles is 2. The number of hydrogen-bond donors (Lipinski definition) is 0. The van der Waals surface area contributed by atoms with Gasteiger partial charge in [-0.3, -0.25) is 0 Å². The molecule has 1 aromatic carbocycles. The molecule has 0 fully saturated rings. The second-order valence-electron chi connectivity index (χ2n) is 2.75. The third-order valence-electron chi connectivity index (χ3n) is 1.71. The van der Waals surface area contributed by atoms with Gasteiger partial charge in [-0.1, -0.05) is 13.0 Å². The highest BCUT2D eigenvalue weighted by atomic mass is 16.5. The van der Waals surface area contributed by atoms with Crippen LogP contribution in [0.4, 0.5) is 0 Å². The van der Waals surface area contributed by atoms with Gasteiger partial charge in [-0.25, -0.2) is 0 Å². The summed E-state index contributed by atoms with van der Waals surface area (Å²) in [6, 6.07) is 8.97. The Morgan fingerprint density at radius 3 is 2.21 bits per heavy atom. The number of ether oxygens (including phenoxy) is 1. The Bertz CT molecular complexity index is 366. The van der Waals surface area contributed by atoms with Gasteiger partial charge in [-0.15, -0.1) is 0 Å². The first kappa shape index (κ1) is 10.1. The Kier molecular flexibility index (Phi) is 3.52. The minimum atomic E-state index is 0.402. The molecule has 0 heterocycles. The summed E-state index contributed by atoms with van der Waals surface area (Å²) in [6.45, 7) is 2.49. The largest absolute Gasteiger partial charge is 0.491 e. The van der Waals surface area contributed by atoms with Gasteiger partial charge in [0.1, 0.15) is 12.1 Å². The molecule has 0 aliphatic rings. The molecule has 1 rings (SSSR count). The number of para-hydroxylation sites is 1. The zero-order valence-electron chi connectivity index (χ0n) is 7.95. The van der Waals surface area contributed by atoms with Gasteiger partial charge < -0.3 is 4.74 Å². The van der Waals surface area contributed by atoms with E-state index in [4.69, 9.17) is 15.3 Å². The maximum Gasteiger partial charge on any atom is 0.154 e. The highest BCUT2D eigenvalue weighted by Gasteiger charge is 2.08. The summed E-state index contributed by atoms with van der Waals surface area (Å²) < 4.78 is 5.35. The minimum absolute atomic E-state index is 0.402. The standard InChI is InChI=1S/C11H10N2O/c1-2-6-14-11-9(7-12)4-3-5-10(11)8-13/h3-5H,2,6H2,1H3. The molecule has 0 aromatic heterocycles. The molecule has 14 heavy (non-hydrogen) atoms. The van der Waals surface area contributed by atoms with E-state index >= 15 is 0 Å². The van der Waals surface area contributed by atoms with Crippen LogP contribution in [0.15, 0.2) is 18.2 Å². The van der Waals surface area contributed by atoms with Crippen molar-refractivity contribution < 1.29 is 4.74 Å². The predicted molar refractivity (Wildman–Crippen MR) is 51.7 cm³/mol. The van der Waals surface area contributed by atoms with Crippen molar-refractivity contribution in [1.29, 1.82) is 10.5 Å². The van der Waals surface area contributed by atoms with Crippen molar-refractivity contribution in [3.8, 4) is 17.9 Å². The molecule has 1 aromatic rings. The van der Waals surface area contributed by atoms with Crippen molar-refractivity contribution in [2.75, 3.05) is 6.61 Å². The van der Waals surface area contributed by atoms with E-state index in [0.29, 0.717) is 23.5 Å². The molecule has 0 bridgehead atoms. The van der Waals surface area contributed by atoms with Crippen molar-refractivity contribution in [3.05, 3.63) is 29.3 Å². The average Bonchev–Trinajstić information content (AvgIpc) is 2.25. The number of rotatable bonds is 3. The Morgan fingerprint density at radius 2 is 1.79 bits per heavy atom. The van der Waals surface area contributed by atoms with E-state index in [9.17, 15) is 0 Å². The molecule has 0 unspecified atom stereocenters. The highest BCUT2D eigenvalue weighted by Crippen LogP contribution is 2.22. The lowest BCUT2D eigenvalue weighted by Crippen LogP contribution is -1.99. The van der Waals surface area contributed by atoms with Crippen LogP contribution in [0.1, 0.15) is 24.5 Å². The Balaban J connectivity index is 3.09. The van der Waals surface area contributed by atoms with Crippen molar-refractivity contribution in [3.63, 3.8) is 0 Å². The maximum absolute atomic E-state index is 8.80. The van der Waals surface area contributed by atoms with Crippen LogP contribution in [-0.2, 0) is 0 Å². The van der Waals surface area contributed by atoms with Crippen LogP contribution >= 0.6 is 0 Å². The summed E-state index contributed by atoms with van der Waals surface area (Å²) in [4.78, 5) is 0. The van der Waals surface area contributed by atoms with Gasteiger partial charge in [0.05, 0.1) is 17.7 Å². The lowest BCUT2D eigenvalue weighted by Gasteiger charge is -2.07. The maximum atomic E-state index is 8.80. The molecule has 0 N–H and O–H groups in total. The van der Waals surface area contributed by atoms with Gasteiger partial charge >= 0.3 is 0 Å². The molecule has 3 nitrogen and oxygen atoms in total. The molecule has 0 atom stereocenters. The van der Waals surface area contributed by atoms with Crippen molar-refractivity contribution in [2.45, 2.75) is 13.3 Å². The van der Waals surface area contributed by atoms with Crippen LogP contribution < -0.4 is 4.74 Å². The number of nitrogens with zero attached hydrogens (tertiary/aromatic N) is 2. The van der Waals surface area contributed by atoms with E-state index in [1.54, 1.807) is 18.2 Å². The van der Waals surface area contributed by atoms with Crippen LogP contribution in [0, 0.1) is 22.7 Å². The summed E-state index contributed by atoms with van der Waals surface area (Å²) in [5.41, 5.74) is 0.829. The lowest BCUT2D eigenvalue weighted by molar-refractivity contribution is 0.315. The summed E-state index contributed by atoms with van der Waals surface area (Å²) >= 11 is 0. The molecule has 0 spiro atoms. The Labute approximate surface area is 83.2 Å². The average molecular weight is 186 g/mol. The van der Waals surface area contributed by atoms with E-state index < -0.39 is 0 Å². The van der Waals surface area contributed by atoms with E-state index in [1.807, 2.05) is 19.1 Å². The summed E-state index contributed by atoms with van der Waals surface area (Å²) in [5, 5.41) is 17.6. The highest BCUT2D eigenvalue weighted by molar-refractivity contribution is 5.53. The minimum Gasteiger partial charge on any atom is -0.491 e. The monoisotopic (exact) mass is 186 g/mol. The molecule has 0 saturated carbocycles. The summed E-state index contributed by atoms with van der Waals surface area (Å²) in [7, 11) is 0. The van der Waals surface area contributed by atoms with Gasteiger partial charge in [-0.2, -0.15) is 10.5 Å². The number of benzene rings is 1. The fourth-order valence-electron chi connectivity index (χ4n) is 1.07. The summed E-state index contributed by atoms with van der Waals surface area (Å²) in [6.07, 6.45) is 0.852. The molecule has 70 valence electrons. The van der Waals surface area contributed by atoms with Gasteiger partial charge in [0.2, 0.25) is 0 Å². The van der Waals surface area contributed by atoms with Gasteiger partial charge in [0.25, 0.3) is 0 Å². The molecule has 0 aliphatic carbocycles. The molecule has 0 radical (unpaired) electrons. The van der Waals surface area contributed by atoms with Crippen LogP contribution in [0.5, 0.6) is 5.75 Å². The quantitative estimate of drug-likeness (QED) is 0.727. The number of hydrogen-bond acceptors (Lipinski definition) is 3. The molecular weight excluding hydrogens is 176 g/mol. The van der Waals surface area contributed by atoms with Gasteiger partial charge in [0, 0.05) is 0 Å². The van der Waals surface area contributed by atoms with Crippen molar-refractivity contribution >= 4 is 0 Å². The third-order valence-corrected chi connectivity index (χ3v) is 1.71. The van der Waals surface area contributed by atoms with Crippen LogP contribution in [0.25, 0.3) is 0 Å². The zero-order valence-corrected chi connectivity index (χ0v) is 7.95. The normalized spacial score (nSPS) is 8.79. The first-order chi connectivity index (χ1) is 6.83. The first-order valence-electron chi connectivity index (χ1n) is 4.39. The van der Waals surface area contributed by atoms with Gasteiger partial charge in [-0.05, 0) is 18.6 Å². The van der Waals surface area contributed by atoms with E-state index in [1.165, 1.54) is 0 Å². The Hall–Kier alpha value is -2.00. The fraction of sp³-hybridized carbons (Fsp3) is 0.273. The topological polar surface area (TPSA) is 56.8 Å². The second-order valence-corrected chi connectivity index (χ2v) is 2.75. The molecule has 0 amide bonds. The van der Waals surface area contributed by atoms with E-state index in [-0.39, 0.29) is 0 Å². The van der Waals surface area contributed by atoms with E-state index in [2.05, 4.69) is 0 Å². The van der Waals surface area contributed by atoms with Gasteiger partial charge in [0.15, 0.2) is 5.75 Å². The summed E-state index contributed by atoms with van der Waals surface area (Å²) in [5.74, 6) is 0.402. The van der Waals surface area contributed by atoms with E-state index in [0.717, 1.165) is 6.42 Å². The molecule has 3 heteroatoms. The Morgan fingerprint density at radius 1 is 1.21 bits per heavy atom. The fourth-order valence-corrected chi connectivity index (χ4v) is 1.07. The first-order valence-corrected chi connectivity index (χ1v) is 4.39. The lowest BCUT2D eigenvalue weighted by atomic mass is 10.1. The third kappa shape index (κ3) is 2.02. The predicted octanol–water partition coefficient (Wildman–Crippen LogP) is 2.22. The van der Waals surface area contributed by atoms with Crippen LogP contribution in [-0.4, -0.2) is 6.61 Å². The van der Waals surface area contributed by atoms with Crippen LogP contribution in [0.2, 0.25) is 0 Å². The van der Waals surface area contributed by atoms with Crippen molar-refractivity contribution in [2.24, 2.45) is 0 Å². The molecular formula is C11H10N2O.